The van der Waals surface area contributed by atoms with E-state index in [0.717, 1.165) is 13.1 Å². The van der Waals surface area contributed by atoms with Gasteiger partial charge in [-0.3, -0.25) is 19.8 Å². The molecule has 0 spiro atoms. The lowest BCUT2D eigenvalue weighted by atomic mass is 9.86. The first-order chi connectivity index (χ1) is 10.2. The van der Waals surface area contributed by atoms with Crippen molar-refractivity contribution in [3.05, 3.63) is 47.0 Å². The Kier molecular flexibility index (Phi) is 3.55. The third kappa shape index (κ3) is 2.58. The van der Waals surface area contributed by atoms with Crippen molar-refractivity contribution in [3.63, 3.8) is 0 Å². The number of hydrogen-bond donors (Lipinski definition) is 1. The Morgan fingerprint density at radius 2 is 2.05 bits per heavy atom. The first kappa shape index (κ1) is 13.5. The monoisotopic (exact) mass is 281 g/mol. The van der Waals surface area contributed by atoms with Crippen molar-refractivity contribution < 1.29 is 9.59 Å². The third-order valence-corrected chi connectivity index (χ3v) is 3.96. The number of amides is 2. The minimum absolute atomic E-state index is 0.333. The minimum atomic E-state index is -0.837. The van der Waals surface area contributed by atoms with Gasteiger partial charge in [0.05, 0.1) is 6.07 Å². The van der Waals surface area contributed by atoms with Gasteiger partial charge in [-0.2, -0.15) is 5.26 Å². The summed E-state index contributed by atoms with van der Waals surface area (Å²) in [6.07, 6.45) is 0.583. The summed E-state index contributed by atoms with van der Waals surface area (Å²) in [6.45, 7) is 2.01. The summed E-state index contributed by atoms with van der Waals surface area (Å²) >= 11 is 0. The molecule has 1 N–H and O–H groups in total. The van der Waals surface area contributed by atoms with Crippen molar-refractivity contribution in [1.29, 1.82) is 5.26 Å². The van der Waals surface area contributed by atoms with Gasteiger partial charge in [0.2, 0.25) is 5.91 Å². The summed E-state index contributed by atoms with van der Waals surface area (Å²) in [4.78, 5) is 25.8. The number of carbonyl (C=O) groups excluding carboxylic acids is 2. The molecule has 106 valence electrons. The molecule has 2 aliphatic heterocycles. The van der Waals surface area contributed by atoms with Gasteiger partial charge in [-0.25, -0.2) is 0 Å². The molecule has 5 heteroatoms. The highest BCUT2D eigenvalue weighted by molar-refractivity contribution is 6.10. The molecule has 5 nitrogen and oxygen atoms in total. The maximum absolute atomic E-state index is 11.8. The number of hydrogen-bond acceptors (Lipinski definition) is 4. The smallest absolute Gasteiger partial charge is 0.253 e. The van der Waals surface area contributed by atoms with Gasteiger partial charge in [-0.05, 0) is 17.6 Å². The van der Waals surface area contributed by atoms with Gasteiger partial charge >= 0.3 is 0 Å². The maximum atomic E-state index is 11.8. The first-order valence-corrected chi connectivity index (χ1v) is 6.92. The van der Waals surface area contributed by atoms with Crippen molar-refractivity contribution in [2.45, 2.75) is 13.0 Å². The summed E-state index contributed by atoms with van der Waals surface area (Å²) in [5, 5.41) is 11.5. The molecule has 2 amide bonds. The van der Waals surface area contributed by atoms with E-state index in [2.05, 4.69) is 10.2 Å². The molecular formula is C16H15N3O2. The van der Waals surface area contributed by atoms with Crippen LogP contribution in [0, 0.1) is 17.2 Å². The van der Waals surface area contributed by atoms with Crippen molar-refractivity contribution in [3.8, 4) is 6.07 Å². The zero-order chi connectivity index (χ0) is 14.8. The Bertz CT molecular complexity index is 658. The van der Waals surface area contributed by atoms with Crippen LogP contribution in [0.15, 0.2) is 41.5 Å². The predicted molar refractivity (Wildman–Crippen MR) is 75.6 cm³/mol. The highest BCUT2D eigenvalue weighted by Gasteiger charge is 2.37. The molecule has 0 fully saturated rings. The van der Waals surface area contributed by atoms with Gasteiger partial charge in [0.1, 0.15) is 5.92 Å². The van der Waals surface area contributed by atoms with Crippen molar-refractivity contribution in [2.24, 2.45) is 5.92 Å². The topological polar surface area (TPSA) is 73.2 Å². The van der Waals surface area contributed by atoms with E-state index in [1.807, 2.05) is 36.4 Å². The molecule has 0 bridgehead atoms. The van der Waals surface area contributed by atoms with Crippen LogP contribution in [-0.4, -0.2) is 29.8 Å². The quantitative estimate of drug-likeness (QED) is 0.820. The molecule has 21 heavy (non-hydrogen) atoms. The fraction of sp³-hybridized carbons (Fsp3) is 0.312. The van der Waals surface area contributed by atoms with E-state index in [-0.39, 0.29) is 5.91 Å². The predicted octanol–water partition coefficient (Wildman–Crippen LogP) is 0.985. The van der Waals surface area contributed by atoms with Crippen molar-refractivity contribution >= 4 is 11.8 Å². The molecule has 1 atom stereocenters. The normalized spacial score (nSPS) is 22.5. The number of carbonyl (C=O) groups is 2. The third-order valence-electron chi connectivity index (χ3n) is 3.96. The van der Waals surface area contributed by atoms with Crippen molar-refractivity contribution in [2.75, 3.05) is 13.1 Å². The number of imide groups is 1. The maximum Gasteiger partial charge on any atom is 0.253 e. The Morgan fingerprint density at radius 3 is 2.76 bits per heavy atom. The van der Waals surface area contributed by atoms with Gasteiger partial charge < -0.3 is 0 Å². The standard InChI is InChI=1S/C16H15N3O2/c17-8-13-14-10-19(9-11-4-2-1-3-5-11)7-6-12(14)15(20)18-16(13)21/h1-5,13H,6-7,9-10H2,(H,18,20,21). The van der Waals surface area contributed by atoms with Gasteiger partial charge in [-0.15, -0.1) is 0 Å². The number of nitrogens with one attached hydrogen (secondary N) is 1. The Labute approximate surface area is 122 Å². The molecular weight excluding hydrogens is 266 g/mol. The molecule has 0 aromatic heterocycles. The Morgan fingerprint density at radius 1 is 1.29 bits per heavy atom. The summed E-state index contributed by atoms with van der Waals surface area (Å²) < 4.78 is 0. The average Bonchev–Trinajstić information content (AvgIpc) is 2.48. The van der Waals surface area contributed by atoms with E-state index in [0.29, 0.717) is 24.1 Å². The fourth-order valence-corrected chi connectivity index (χ4v) is 2.90. The van der Waals surface area contributed by atoms with E-state index in [4.69, 9.17) is 0 Å². The Balaban J connectivity index is 1.82. The van der Waals surface area contributed by atoms with Crippen molar-refractivity contribution in [1.82, 2.24) is 10.2 Å². The van der Waals surface area contributed by atoms with E-state index in [1.54, 1.807) is 0 Å². The molecule has 1 aromatic rings. The molecule has 0 aliphatic carbocycles. The van der Waals surface area contributed by atoms with Crippen LogP contribution in [0.3, 0.4) is 0 Å². The second kappa shape index (κ2) is 5.51. The number of rotatable bonds is 2. The second-order valence-electron chi connectivity index (χ2n) is 5.33. The lowest BCUT2D eigenvalue weighted by molar-refractivity contribution is -0.131. The SMILES string of the molecule is N#CC1C(=O)NC(=O)C2=C1CN(Cc1ccccc1)CC2. The van der Waals surface area contributed by atoms with Crippen LogP contribution in [-0.2, 0) is 16.1 Å². The van der Waals surface area contributed by atoms with Crippen LogP contribution in [0.25, 0.3) is 0 Å². The number of nitriles is 1. The van der Waals surface area contributed by atoms with E-state index in [1.165, 1.54) is 5.56 Å². The molecule has 3 rings (SSSR count). The molecule has 1 unspecified atom stereocenters. The van der Waals surface area contributed by atoms with Crippen LogP contribution in [0.2, 0.25) is 0 Å². The summed E-state index contributed by atoms with van der Waals surface area (Å²) in [5.74, 6) is -1.67. The zero-order valence-corrected chi connectivity index (χ0v) is 11.5. The highest BCUT2D eigenvalue weighted by Crippen LogP contribution is 2.28. The fourth-order valence-electron chi connectivity index (χ4n) is 2.90. The summed E-state index contributed by atoms with van der Waals surface area (Å²) in [7, 11) is 0. The van der Waals surface area contributed by atoms with E-state index < -0.39 is 11.8 Å². The lowest BCUT2D eigenvalue weighted by Gasteiger charge is -2.34. The van der Waals surface area contributed by atoms with Gasteiger partial charge in [-0.1, -0.05) is 30.3 Å². The summed E-state index contributed by atoms with van der Waals surface area (Å²) in [6, 6.07) is 12.0. The number of nitrogens with zero attached hydrogens (tertiary/aromatic N) is 2. The zero-order valence-electron chi connectivity index (χ0n) is 11.5. The van der Waals surface area contributed by atoms with Crippen LogP contribution in [0.5, 0.6) is 0 Å². The van der Waals surface area contributed by atoms with Crippen LogP contribution >= 0.6 is 0 Å². The second-order valence-corrected chi connectivity index (χ2v) is 5.33. The molecule has 0 saturated heterocycles. The molecule has 1 aromatic carbocycles. The van der Waals surface area contributed by atoms with Crippen LogP contribution < -0.4 is 5.32 Å². The minimum Gasteiger partial charge on any atom is -0.295 e. The first-order valence-electron chi connectivity index (χ1n) is 6.92. The molecule has 2 aliphatic rings. The van der Waals surface area contributed by atoms with Gasteiger partial charge in [0.15, 0.2) is 0 Å². The van der Waals surface area contributed by atoms with Gasteiger partial charge in [0.25, 0.3) is 5.91 Å². The molecule has 0 saturated carbocycles. The van der Waals surface area contributed by atoms with E-state index >= 15 is 0 Å². The number of benzene rings is 1. The average molecular weight is 281 g/mol. The largest absolute Gasteiger partial charge is 0.295 e. The lowest BCUT2D eigenvalue weighted by Crippen LogP contribution is -2.47. The summed E-state index contributed by atoms with van der Waals surface area (Å²) in [5.41, 5.74) is 2.47. The van der Waals surface area contributed by atoms with Crippen LogP contribution in [0.4, 0.5) is 0 Å². The van der Waals surface area contributed by atoms with Crippen LogP contribution in [0.1, 0.15) is 12.0 Å². The van der Waals surface area contributed by atoms with Gasteiger partial charge in [0, 0.05) is 25.2 Å². The highest BCUT2D eigenvalue weighted by atomic mass is 16.2. The Hall–Kier alpha value is -2.45. The van der Waals surface area contributed by atoms with E-state index in [9.17, 15) is 14.9 Å². The molecule has 2 heterocycles. The molecule has 0 radical (unpaired) electrons.